The first-order valence-electron chi connectivity index (χ1n) is 4.45. The Kier molecular flexibility index (Phi) is 4.19. The summed E-state index contributed by atoms with van der Waals surface area (Å²) in [7, 11) is 1.08. The molecule has 0 N–H and O–H groups in total. The number of ether oxygens (including phenoxy) is 1. The summed E-state index contributed by atoms with van der Waals surface area (Å²) in [5.74, 6) is -2.41. The van der Waals surface area contributed by atoms with Gasteiger partial charge in [0.05, 0.1) is 18.6 Å². The van der Waals surface area contributed by atoms with Crippen molar-refractivity contribution in [2.75, 3.05) is 7.11 Å². The molecule has 0 fully saturated rings. The third kappa shape index (κ3) is 2.90. The van der Waals surface area contributed by atoms with E-state index in [4.69, 9.17) is 11.6 Å². The van der Waals surface area contributed by atoms with E-state index in [0.29, 0.717) is 0 Å². The van der Waals surface area contributed by atoms with Crippen molar-refractivity contribution in [1.82, 2.24) is 0 Å². The van der Waals surface area contributed by atoms with Crippen LogP contribution in [0, 0.1) is 0 Å². The van der Waals surface area contributed by atoms with Gasteiger partial charge in [-0.15, -0.1) is 0 Å². The number of carbonyl (C=O) groups excluding carboxylic acids is 3. The van der Waals surface area contributed by atoms with E-state index in [1.54, 1.807) is 12.1 Å². The Hall–Kier alpha value is -1.68. The molecule has 84 valence electrons. The summed E-state index contributed by atoms with van der Waals surface area (Å²) in [5, 5.41) is 0.255. The van der Waals surface area contributed by atoms with Crippen molar-refractivity contribution in [3.05, 3.63) is 34.9 Å². The molecule has 0 radical (unpaired) electrons. The molecule has 0 unspecified atom stereocenters. The number of methoxy groups -OCH3 is 1. The highest BCUT2D eigenvalue weighted by Crippen LogP contribution is 2.16. The lowest BCUT2D eigenvalue weighted by molar-refractivity contribution is -0.151. The number of hydrogen-bond donors (Lipinski definition) is 0. The molecule has 4 nitrogen and oxygen atoms in total. The van der Waals surface area contributed by atoms with E-state index in [-0.39, 0.29) is 10.6 Å². The summed E-state index contributed by atoms with van der Waals surface area (Å²) in [6.07, 6.45) is -0.531. The average molecular weight is 241 g/mol. The van der Waals surface area contributed by atoms with E-state index >= 15 is 0 Å². The number of rotatable bonds is 4. The zero-order chi connectivity index (χ0) is 12.1. The van der Waals surface area contributed by atoms with Crippen LogP contribution in [-0.4, -0.2) is 24.6 Å². The van der Waals surface area contributed by atoms with Crippen molar-refractivity contribution >= 4 is 29.1 Å². The van der Waals surface area contributed by atoms with Crippen LogP contribution in [0.4, 0.5) is 0 Å². The molecule has 0 heterocycles. The minimum atomic E-state index is -1.03. The molecule has 0 aromatic heterocycles. The Morgan fingerprint density at radius 1 is 1.25 bits per heavy atom. The molecule has 0 aliphatic heterocycles. The van der Waals surface area contributed by atoms with Gasteiger partial charge in [0, 0.05) is 5.56 Å². The van der Waals surface area contributed by atoms with Crippen molar-refractivity contribution in [3.8, 4) is 0 Å². The monoisotopic (exact) mass is 240 g/mol. The van der Waals surface area contributed by atoms with E-state index in [2.05, 4.69) is 4.74 Å². The van der Waals surface area contributed by atoms with Crippen LogP contribution in [0.5, 0.6) is 0 Å². The number of ketones is 2. The lowest BCUT2D eigenvalue weighted by Gasteiger charge is -2.01. The topological polar surface area (TPSA) is 60.4 Å². The van der Waals surface area contributed by atoms with Gasteiger partial charge < -0.3 is 4.74 Å². The van der Waals surface area contributed by atoms with Crippen LogP contribution in [-0.2, 0) is 14.3 Å². The van der Waals surface area contributed by atoms with Gasteiger partial charge in [-0.3, -0.25) is 9.59 Å². The predicted molar refractivity (Wildman–Crippen MR) is 57.4 cm³/mol. The second-order valence-electron chi connectivity index (χ2n) is 2.99. The number of benzene rings is 1. The molecule has 0 bridgehead atoms. The first kappa shape index (κ1) is 12.4. The fourth-order valence-electron chi connectivity index (χ4n) is 1.11. The van der Waals surface area contributed by atoms with Gasteiger partial charge in [0.25, 0.3) is 0 Å². The molecule has 0 saturated carbocycles. The summed E-state index contributed by atoms with van der Waals surface area (Å²) in [4.78, 5) is 33.5. The fourth-order valence-corrected chi connectivity index (χ4v) is 1.36. The molecule has 0 amide bonds. The van der Waals surface area contributed by atoms with Gasteiger partial charge >= 0.3 is 5.97 Å². The highest BCUT2D eigenvalue weighted by molar-refractivity contribution is 6.40. The first-order valence-corrected chi connectivity index (χ1v) is 4.83. The smallest absolute Gasteiger partial charge is 0.374 e. The molecule has 0 atom stereocenters. The maximum Gasteiger partial charge on any atom is 0.374 e. The first-order chi connectivity index (χ1) is 7.56. The van der Waals surface area contributed by atoms with E-state index < -0.39 is 24.0 Å². The van der Waals surface area contributed by atoms with Crippen molar-refractivity contribution in [2.45, 2.75) is 6.42 Å². The molecular weight excluding hydrogens is 232 g/mol. The van der Waals surface area contributed by atoms with Gasteiger partial charge in [-0.2, -0.15) is 0 Å². The number of esters is 1. The van der Waals surface area contributed by atoms with Crippen molar-refractivity contribution in [1.29, 1.82) is 0 Å². The molecule has 5 heteroatoms. The second-order valence-corrected chi connectivity index (χ2v) is 3.40. The van der Waals surface area contributed by atoms with Crippen LogP contribution in [0.15, 0.2) is 24.3 Å². The van der Waals surface area contributed by atoms with Crippen molar-refractivity contribution in [3.63, 3.8) is 0 Å². The summed E-state index contributed by atoms with van der Waals surface area (Å²) in [6, 6.07) is 6.33. The highest BCUT2D eigenvalue weighted by atomic mass is 35.5. The lowest BCUT2D eigenvalue weighted by Crippen LogP contribution is -2.19. The quantitative estimate of drug-likeness (QED) is 0.348. The van der Waals surface area contributed by atoms with Gasteiger partial charge in [0.15, 0.2) is 5.78 Å². The largest absolute Gasteiger partial charge is 0.463 e. The molecule has 0 aliphatic carbocycles. The minimum Gasteiger partial charge on any atom is -0.463 e. The number of hydrogen-bond acceptors (Lipinski definition) is 4. The molecule has 1 aromatic carbocycles. The summed E-state index contributed by atoms with van der Waals surface area (Å²) >= 11 is 5.77. The summed E-state index contributed by atoms with van der Waals surface area (Å²) in [5.41, 5.74) is 0.224. The molecule has 1 aromatic rings. The van der Waals surface area contributed by atoms with E-state index in [1.807, 2.05) is 0 Å². The van der Waals surface area contributed by atoms with Crippen molar-refractivity contribution < 1.29 is 19.1 Å². The Morgan fingerprint density at radius 2 is 1.88 bits per heavy atom. The average Bonchev–Trinajstić information content (AvgIpc) is 2.28. The van der Waals surface area contributed by atoms with Crippen molar-refractivity contribution in [2.24, 2.45) is 0 Å². The van der Waals surface area contributed by atoms with Gasteiger partial charge in [-0.25, -0.2) is 4.79 Å². The van der Waals surface area contributed by atoms with Crippen LogP contribution >= 0.6 is 11.6 Å². The maximum absolute atomic E-state index is 11.6. The normalized spacial score (nSPS) is 9.62. The number of Topliss-reactive ketones (excluding diaryl/α,β-unsaturated/α-hetero) is 2. The zero-order valence-corrected chi connectivity index (χ0v) is 9.28. The molecular formula is C11H9ClO4. The molecule has 1 rings (SSSR count). The molecule has 0 spiro atoms. The van der Waals surface area contributed by atoms with Gasteiger partial charge in [0.2, 0.25) is 5.78 Å². The predicted octanol–water partition coefficient (Wildman–Crippen LogP) is 1.65. The minimum absolute atomic E-state index is 0.224. The van der Waals surface area contributed by atoms with E-state index in [0.717, 1.165) is 7.11 Å². The Morgan fingerprint density at radius 3 is 2.44 bits per heavy atom. The van der Waals surface area contributed by atoms with Crippen LogP contribution in [0.1, 0.15) is 16.8 Å². The van der Waals surface area contributed by atoms with Crippen LogP contribution in [0.3, 0.4) is 0 Å². The lowest BCUT2D eigenvalue weighted by atomic mass is 10.1. The van der Waals surface area contributed by atoms with Gasteiger partial charge in [-0.1, -0.05) is 23.7 Å². The maximum atomic E-state index is 11.6. The molecule has 0 saturated heterocycles. The Balaban J connectivity index is 2.78. The van der Waals surface area contributed by atoms with Crippen LogP contribution in [0.2, 0.25) is 5.02 Å². The second kappa shape index (κ2) is 5.42. The van der Waals surface area contributed by atoms with E-state index in [1.165, 1.54) is 12.1 Å². The summed E-state index contributed by atoms with van der Waals surface area (Å²) < 4.78 is 4.21. The SMILES string of the molecule is COC(=O)C(=O)CC(=O)c1ccccc1Cl. The third-order valence-corrected chi connectivity index (χ3v) is 2.24. The highest BCUT2D eigenvalue weighted by Gasteiger charge is 2.20. The number of carbonyl (C=O) groups is 3. The van der Waals surface area contributed by atoms with Crippen LogP contribution < -0.4 is 0 Å². The van der Waals surface area contributed by atoms with Gasteiger partial charge in [0.1, 0.15) is 0 Å². The van der Waals surface area contributed by atoms with Gasteiger partial charge in [-0.05, 0) is 12.1 Å². The molecule has 0 aliphatic rings. The summed E-state index contributed by atoms with van der Waals surface area (Å²) in [6.45, 7) is 0. The standard InChI is InChI=1S/C11H9ClO4/c1-16-11(15)10(14)6-9(13)7-4-2-3-5-8(7)12/h2-5H,6H2,1H3. The zero-order valence-electron chi connectivity index (χ0n) is 8.53. The Labute approximate surface area is 97.2 Å². The number of halogens is 1. The van der Waals surface area contributed by atoms with E-state index in [9.17, 15) is 14.4 Å². The third-order valence-electron chi connectivity index (χ3n) is 1.91. The van der Waals surface area contributed by atoms with Crippen LogP contribution in [0.25, 0.3) is 0 Å². The fraction of sp³-hybridized carbons (Fsp3) is 0.182. The Bertz CT molecular complexity index is 439. The molecule has 16 heavy (non-hydrogen) atoms.